The molecule has 3 heterocycles. The van der Waals surface area contributed by atoms with E-state index in [1.165, 1.54) is 31.1 Å². The topological polar surface area (TPSA) is 105 Å². The van der Waals surface area contributed by atoms with Crippen LogP contribution in [0, 0.1) is 0 Å². The molecule has 1 aliphatic carbocycles. The van der Waals surface area contributed by atoms with Crippen LogP contribution in [-0.4, -0.2) is 59.8 Å². The van der Waals surface area contributed by atoms with Crippen LogP contribution in [0.15, 0.2) is 12.7 Å². The average molecular weight is 337 g/mol. The van der Waals surface area contributed by atoms with Gasteiger partial charge in [0.2, 0.25) is 0 Å². The van der Waals surface area contributed by atoms with Gasteiger partial charge < -0.3 is 20.3 Å². The first kappa shape index (κ1) is 15.7. The first-order valence-electron chi connectivity index (χ1n) is 7.98. The number of hydrogen-bond acceptors (Lipinski definition) is 7. The molecule has 8 nitrogen and oxygen atoms in total. The highest BCUT2D eigenvalue weighted by molar-refractivity contribution is 5.83. The van der Waals surface area contributed by atoms with Crippen molar-refractivity contribution in [2.75, 3.05) is 11.9 Å². The number of hydrogen-bond donors (Lipinski definition) is 3. The van der Waals surface area contributed by atoms with Gasteiger partial charge >= 0.3 is 0 Å². The Hall–Kier alpha value is -1.84. The van der Waals surface area contributed by atoms with Crippen LogP contribution in [0.1, 0.15) is 32.9 Å². The number of aliphatic hydroxyl groups is 2. The highest BCUT2D eigenvalue weighted by Crippen LogP contribution is 2.48. The molecule has 0 unspecified atom stereocenters. The van der Waals surface area contributed by atoms with Crippen LogP contribution in [0.5, 0.6) is 0 Å². The van der Waals surface area contributed by atoms with Crippen molar-refractivity contribution >= 4 is 17.0 Å². The highest BCUT2D eigenvalue weighted by atomic mass is 19.1. The Bertz CT molecular complexity index is 774. The zero-order valence-corrected chi connectivity index (χ0v) is 13.5. The average Bonchev–Trinajstić information content (AvgIpc) is 3.21. The summed E-state index contributed by atoms with van der Waals surface area (Å²) in [5.41, 5.74) is -3.04. The molecule has 9 heteroatoms. The SMILES string of the molecule is C[C@]1(F)[C@@H](n2cnc3c(NC4CC4)ncnc32)O[C@H](CO)[C@@]1(C)O. The summed E-state index contributed by atoms with van der Waals surface area (Å²) >= 11 is 0. The van der Waals surface area contributed by atoms with Crippen LogP contribution in [0.3, 0.4) is 0 Å². The lowest BCUT2D eigenvalue weighted by molar-refractivity contribution is -0.0891. The van der Waals surface area contributed by atoms with Gasteiger partial charge in [0.05, 0.1) is 12.9 Å². The maximum absolute atomic E-state index is 15.3. The quantitative estimate of drug-likeness (QED) is 0.757. The monoisotopic (exact) mass is 337 g/mol. The minimum atomic E-state index is -2.14. The molecule has 2 aliphatic rings. The van der Waals surface area contributed by atoms with Gasteiger partial charge in [-0.25, -0.2) is 19.3 Å². The molecule has 0 spiro atoms. The Kier molecular flexibility index (Phi) is 3.32. The van der Waals surface area contributed by atoms with Gasteiger partial charge in [-0.05, 0) is 26.7 Å². The van der Waals surface area contributed by atoms with E-state index in [0.29, 0.717) is 23.0 Å². The summed E-state index contributed by atoms with van der Waals surface area (Å²) in [5.74, 6) is 0.602. The van der Waals surface area contributed by atoms with Gasteiger partial charge in [0.25, 0.3) is 0 Å². The zero-order valence-electron chi connectivity index (χ0n) is 13.5. The van der Waals surface area contributed by atoms with Crippen LogP contribution < -0.4 is 5.32 Å². The molecule has 1 saturated heterocycles. The van der Waals surface area contributed by atoms with Crippen molar-refractivity contribution in [2.24, 2.45) is 0 Å². The lowest BCUT2D eigenvalue weighted by Gasteiger charge is -2.32. The van der Waals surface area contributed by atoms with Crippen LogP contribution >= 0.6 is 0 Å². The fourth-order valence-corrected chi connectivity index (χ4v) is 3.08. The predicted octanol–water partition coefficient (Wildman–Crippen LogP) is 0.769. The van der Waals surface area contributed by atoms with E-state index in [9.17, 15) is 10.2 Å². The molecule has 130 valence electrons. The third-order valence-corrected chi connectivity index (χ3v) is 5.07. The first-order chi connectivity index (χ1) is 11.4. The smallest absolute Gasteiger partial charge is 0.183 e. The molecule has 1 aliphatic heterocycles. The molecule has 2 aromatic rings. The number of nitrogens with one attached hydrogen (secondary N) is 1. The van der Waals surface area contributed by atoms with Crippen molar-refractivity contribution in [3.8, 4) is 0 Å². The number of nitrogens with zero attached hydrogens (tertiary/aromatic N) is 4. The van der Waals surface area contributed by atoms with Crippen LogP contribution in [0.4, 0.5) is 10.2 Å². The van der Waals surface area contributed by atoms with E-state index < -0.39 is 30.2 Å². The molecule has 4 atom stereocenters. The Labute approximate surface area is 137 Å². The normalized spacial score (nSPS) is 36.4. The van der Waals surface area contributed by atoms with Crippen molar-refractivity contribution in [3.05, 3.63) is 12.7 Å². The molecule has 2 fully saturated rings. The van der Waals surface area contributed by atoms with E-state index in [1.54, 1.807) is 0 Å². The number of aliphatic hydroxyl groups excluding tert-OH is 1. The summed E-state index contributed by atoms with van der Waals surface area (Å²) in [6.07, 6.45) is 2.79. The van der Waals surface area contributed by atoms with Crippen LogP contribution in [0.25, 0.3) is 11.2 Å². The van der Waals surface area contributed by atoms with Gasteiger partial charge in [-0.15, -0.1) is 0 Å². The summed E-state index contributed by atoms with van der Waals surface area (Å²) < 4.78 is 22.3. The van der Waals surface area contributed by atoms with Crippen molar-refractivity contribution in [1.82, 2.24) is 19.5 Å². The second kappa shape index (κ2) is 5.08. The Morgan fingerprint density at radius 1 is 1.38 bits per heavy atom. The molecular formula is C15H20FN5O3. The molecule has 0 aromatic carbocycles. The van der Waals surface area contributed by atoms with Gasteiger partial charge in [0.1, 0.15) is 18.0 Å². The standard InChI is InChI=1S/C15H20FN5O3/c1-14(16)13(24-9(5-22)15(14,2)23)21-7-19-10-11(20-8-3-4-8)17-6-18-12(10)21/h6-9,13,22-23H,3-5H2,1-2H3,(H,17,18,20)/t9-,13+,14+,15-/m1/s1. The minimum absolute atomic E-state index is 0.391. The number of ether oxygens (including phenoxy) is 1. The highest BCUT2D eigenvalue weighted by Gasteiger charge is 2.63. The van der Waals surface area contributed by atoms with Gasteiger partial charge in [0.15, 0.2) is 28.9 Å². The molecule has 4 rings (SSSR count). The molecular weight excluding hydrogens is 317 g/mol. The molecule has 3 N–H and O–H groups in total. The first-order valence-corrected chi connectivity index (χ1v) is 7.98. The summed E-state index contributed by atoms with van der Waals surface area (Å²) in [5, 5.41) is 23.1. The maximum atomic E-state index is 15.3. The largest absolute Gasteiger partial charge is 0.394 e. The van der Waals surface area contributed by atoms with Crippen molar-refractivity contribution in [1.29, 1.82) is 0 Å². The van der Waals surface area contributed by atoms with Crippen LogP contribution in [0.2, 0.25) is 0 Å². The molecule has 0 radical (unpaired) electrons. The van der Waals surface area contributed by atoms with Gasteiger partial charge in [-0.2, -0.15) is 0 Å². The fraction of sp³-hybridized carbons (Fsp3) is 0.667. The number of alkyl halides is 1. The lowest BCUT2D eigenvalue weighted by atomic mass is 9.85. The summed E-state index contributed by atoms with van der Waals surface area (Å²) in [6.45, 7) is 2.09. The fourth-order valence-electron chi connectivity index (χ4n) is 3.08. The zero-order chi connectivity index (χ0) is 17.1. The van der Waals surface area contributed by atoms with Crippen molar-refractivity contribution < 1.29 is 19.3 Å². The number of halogens is 1. The molecule has 24 heavy (non-hydrogen) atoms. The van der Waals surface area contributed by atoms with E-state index in [-0.39, 0.29) is 0 Å². The number of aromatic nitrogens is 4. The summed E-state index contributed by atoms with van der Waals surface area (Å²) in [7, 11) is 0. The third-order valence-electron chi connectivity index (χ3n) is 5.07. The molecule has 2 aromatic heterocycles. The van der Waals surface area contributed by atoms with Gasteiger partial charge in [-0.3, -0.25) is 4.57 Å². The third kappa shape index (κ3) is 2.11. The lowest BCUT2D eigenvalue weighted by Crippen LogP contribution is -2.51. The Morgan fingerprint density at radius 3 is 2.75 bits per heavy atom. The Morgan fingerprint density at radius 2 is 2.12 bits per heavy atom. The summed E-state index contributed by atoms with van der Waals surface area (Å²) in [6, 6.07) is 0.391. The Balaban J connectivity index is 1.77. The predicted molar refractivity (Wildman–Crippen MR) is 83.1 cm³/mol. The maximum Gasteiger partial charge on any atom is 0.183 e. The van der Waals surface area contributed by atoms with Gasteiger partial charge in [0, 0.05) is 6.04 Å². The van der Waals surface area contributed by atoms with Crippen molar-refractivity contribution in [3.63, 3.8) is 0 Å². The van der Waals surface area contributed by atoms with E-state index >= 15 is 4.39 Å². The number of fused-ring (bicyclic) bond motifs is 1. The molecule has 0 bridgehead atoms. The minimum Gasteiger partial charge on any atom is -0.394 e. The summed E-state index contributed by atoms with van der Waals surface area (Å²) in [4.78, 5) is 12.7. The second-order valence-electron chi connectivity index (χ2n) is 6.85. The van der Waals surface area contributed by atoms with E-state index in [0.717, 1.165) is 12.8 Å². The number of imidazole rings is 1. The number of anilines is 1. The molecule has 1 saturated carbocycles. The number of rotatable bonds is 4. The molecule has 0 amide bonds. The van der Waals surface area contributed by atoms with E-state index in [2.05, 4.69) is 20.3 Å². The van der Waals surface area contributed by atoms with Gasteiger partial charge in [-0.1, -0.05) is 0 Å². The second-order valence-corrected chi connectivity index (χ2v) is 6.85. The van der Waals surface area contributed by atoms with E-state index in [1.807, 2.05) is 0 Å². The van der Waals surface area contributed by atoms with Crippen LogP contribution in [-0.2, 0) is 4.74 Å². The van der Waals surface area contributed by atoms with Crippen molar-refractivity contribution in [2.45, 2.75) is 56.3 Å². The van der Waals surface area contributed by atoms with E-state index in [4.69, 9.17) is 4.74 Å².